The Bertz CT molecular complexity index is 1980. The van der Waals surface area contributed by atoms with E-state index in [0.29, 0.717) is 28.3 Å². The Labute approximate surface area is 396 Å². The maximum absolute atomic E-state index is 13.4. The van der Waals surface area contributed by atoms with Crippen LogP contribution in [-0.4, -0.2) is 135 Å². The third-order valence-corrected chi connectivity index (χ3v) is 7.97. The minimum absolute atomic E-state index is 0.00203. The minimum atomic E-state index is -0.791. The Kier molecular flexibility index (Phi) is 21.3. The van der Waals surface area contributed by atoms with Gasteiger partial charge in [-0.1, -0.05) is 11.8 Å². The number of nitrogens with zero attached hydrogens (tertiary/aromatic N) is 4. The second-order valence-electron chi connectivity index (χ2n) is 20.8. The molecule has 2 rings (SSSR count). The highest BCUT2D eigenvalue weighted by Gasteiger charge is 2.27. The van der Waals surface area contributed by atoms with Crippen LogP contribution in [0.4, 0.5) is 0 Å². The first-order chi connectivity index (χ1) is 30.1. The smallest absolute Gasteiger partial charge is 0.320 e. The molecule has 66 heavy (non-hydrogen) atoms. The summed E-state index contributed by atoms with van der Waals surface area (Å²) in [6, 6.07) is 10.2. The molecule has 0 aliphatic rings. The molecule has 0 unspecified atom stereocenters. The van der Waals surface area contributed by atoms with E-state index in [9.17, 15) is 28.8 Å². The summed E-state index contributed by atoms with van der Waals surface area (Å²) in [7, 11) is 0. The number of hydrogen-bond acceptors (Lipinski definition) is 16. The zero-order chi connectivity index (χ0) is 50.3. The molecule has 1 aromatic carbocycles. The summed E-state index contributed by atoms with van der Waals surface area (Å²) in [6.07, 6.45) is 0. The number of rotatable bonds is 20. The summed E-state index contributed by atoms with van der Waals surface area (Å²) >= 11 is 5.42. The normalized spacial score (nSPS) is 12.3. The quantitative estimate of drug-likeness (QED) is 0.0630. The predicted octanol–water partition coefficient (Wildman–Crippen LogP) is 6.24. The van der Waals surface area contributed by atoms with Crippen molar-refractivity contribution in [1.29, 1.82) is 0 Å². The van der Waals surface area contributed by atoms with Crippen LogP contribution in [0.15, 0.2) is 36.4 Å². The van der Waals surface area contributed by atoms with E-state index >= 15 is 0 Å². The van der Waals surface area contributed by atoms with Gasteiger partial charge in [-0.3, -0.25) is 48.5 Å². The zero-order valence-electron chi connectivity index (χ0n) is 41.6. The van der Waals surface area contributed by atoms with Gasteiger partial charge in [0.1, 0.15) is 33.8 Å². The van der Waals surface area contributed by atoms with Crippen molar-refractivity contribution in [2.45, 2.75) is 145 Å². The van der Waals surface area contributed by atoms with Crippen molar-refractivity contribution < 1.29 is 57.2 Å². The molecule has 0 aliphatic carbocycles. The molecule has 1 aromatic heterocycles. The lowest BCUT2D eigenvalue weighted by atomic mass is 10.1. The van der Waals surface area contributed by atoms with Crippen LogP contribution in [0.5, 0.6) is 5.75 Å². The highest BCUT2D eigenvalue weighted by Crippen LogP contribution is 2.17. The van der Waals surface area contributed by atoms with Crippen molar-refractivity contribution in [2.24, 2.45) is 0 Å². The molecule has 366 valence electrons. The van der Waals surface area contributed by atoms with Crippen molar-refractivity contribution in [2.75, 3.05) is 52.4 Å². The van der Waals surface area contributed by atoms with Crippen LogP contribution >= 0.6 is 11.6 Å². The molecule has 0 atom stereocenters. The third kappa shape index (κ3) is 27.4. The second-order valence-corrected chi connectivity index (χ2v) is 21.2. The standard InChI is InChI=1S/C49H71ClN4O12/c1-45(2,3)62-40(56)28-52(22-23-53(29-41(57)63-46(4,5)6)30-42(58)64-47(7,8)9)26-36-24-35(17-16-34-18-20-38(21-19-34)61-33-39(50)55)25-37(51-36)27-54(31-43(59)65-48(10,11)12)32-44(60)66-49(13,14)15/h18-21,24-25H,22-23,26-33H2,1-15H3. The van der Waals surface area contributed by atoms with Crippen LogP contribution in [0.1, 0.15) is 126 Å². The maximum Gasteiger partial charge on any atom is 0.320 e. The average Bonchev–Trinajstić information content (AvgIpc) is 3.08. The van der Waals surface area contributed by atoms with Crippen molar-refractivity contribution in [3.05, 3.63) is 58.9 Å². The minimum Gasteiger partial charge on any atom is -0.484 e. The topological polar surface area (TPSA) is 180 Å². The number of carbonyl (C=O) groups excluding carboxylic acids is 6. The molecule has 0 saturated carbocycles. The number of pyridine rings is 1. The molecule has 0 radical (unpaired) electrons. The fraction of sp³-hybridized carbons (Fsp3) is 0.612. The Morgan fingerprint density at radius 2 is 0.803 bits per heavy atom. The van der Waals surface area contributed by atoms with Gasteiger partial charge in [0.25, 0.3) is 5.24 Å². The van der Waals surface area contributed by atoms with Gasteiger partial charge in [-0.2, -0.15) is 0 Å². The van der Waals surface area contributed by atoms with E-state index in [1.165, 1.54) is 0 Å². The molecule has 0 aliphatic heterocycles. The molecule has 17 heteroatoms. The van der Waals surface area contributed by atoms with E-state index in [2.05, 4.69) is 11.8 Å². The average molecular weight is 944 g/mol. The number of carbonyl (C=O) groups is 6. The van der Waals surface area contributed by atoms with Gasteiger partial charge in [0, 0.05) is 37.3 Å². The van der Waals surface area contributed by atoms with Gasteiger partial charge < -0.3 is 28.4 Å². The molecule has 0 amide bonds. The van der Waals surface area contributed by atoms with Gasteiger partial charge in [-0.25, -0.2) is 0 Å². The molecular weight excluding hydrogens is 872 g/mol. The molecule has 0 fully saturated rings. The third-order valence-electron chi connectivity index (χ3n) is 7.86. The lowest BCUT2D eigenvalue weighted by Gasteiger charge is -2.29. The van der Waals surface area contributed by atoms with Crippen LogP contribution in [0.2, 0.25) is 0 Å². The number of hydrogen-bond donors (Lipinski definition) is 0. The molecule has 0 saturated heterocycles. The summed E-state index contributed by atoms with van der Waals surface area (Å²) < 4.78 is 33.4. The van der Waals surface area contributed by atoms with Gasteiger partial charge >= 0.3 is 29.8 Å². The fourth-order valence-electron chi connectivity index (χ4n) is 5.92. The van der Waals surface area contributed by atoms with E-state index in [1.54, 1.807) is 155 Å². The Hall–Kier alpha value is -5.08. The first-order valence-corrected chi connectivity index (χ1v) is 22.2. The number of halogens is 1. The first kappa shape index (κ1) is 57.0. The van der Waals surface area contributed by atoms with Gasteiger partial charge in [0.05, 0.1) is 44.1 Å². The summed E-state index contributed by atoms with van der Waals surface area (Å²) in [4.78, 5) is 86.9. The fourth-order valence-corrected chi connectivity index (χ4v) is 5.98. The SMILES string of the molecule is CC(C)(C)OC(=O)CN(CCN(CC(=O)OC(C)(C)C)Cc1cc(C#Cc2ccc(OCC(=O)Cl)cc2)cc(CN(CC(=O)OC(C)(C)C)CC(=O)OC(C)(C)C)n1)CC(=O)OC(C)(C)C. The Morgan fingerprint density at radius 1 is 0.485 bits per heavy atom. The largest absolute Gasteiger partial charge is 0.484 e. The van der Waals surface area contributed by atoms with Crippen LogP contribution in [0.25, 0.3) is 0 Å². The van der Waals surface area contributed by atoms with Crippen molar-refractivity contribution in [1.82, 2.24) is 19.7 Å². The van der Waals surface area contributed by atoms with E-state index in [4.69, 9.17) is 45.0 Å². The number of ether oxygens (including phenoxy) is 6. The number of esters is 5. The van der Waals surface area contributed by atoms with Gasteiger partial charge in [-0.15, -0.1) is 0 Å². The van der Waals surface area contributed by atoms with Gasteiger partial charge in [0.15, 0.2) is 6.61 Å². The second kappa shape index (κ2) is 24.6. The van der Waals surface area contributed by atoms with Crippen LogP contribution < -0.4 is 4.74 Å². The maximum atomic E-state index is 13.4. The molecule has 16 nitrogen and oxygen atoms in total. The lowest BCUT2D eigenvalue weighted by molar-refractivity contribution is -0.162. The molecular formula is C49H71ClN4O12. The zero-order valence-corrected chi connectivity index (χ0v) is 42.4. The highest BCUT2D eigenvalue weighted by molar-refractivity contribution is 6.63. The van der Waals surface area contributed by atoms with E-state index in [-0.39, 0.29) is 65.5 Å². The highest BCUT2D eigenvalue weighted by atomic mass is 35.5. The van der Waals surface area contributed by atoms with Crippen LogP contribution in [0.3, 0.4) is 0 Å². The summed E-state index contributed by atoms with van der Waals surface area (Å²) in [6.45, 7) is 25.2. The van der Waals surface area contributed by atoms with Crippen molar-refractivity contribution in [3.63, 3.8) is 0 Å². The molecule has 0 N–H and O–H groups in total. The monoisotopic (exact) mass is 942 g/mol. The van der Waals surface area contributed by atoms with E-state index in [0.717, 1.165) is 0 Å². The molecule has 0 spiro atoms. The first-order valence-electron chi connectivity index (χ1n) is 21.8. The summed E-state index contributed by atoms with van der Waals surface area (Å²) in [5.74, 6) is 4.00. The number of benzene rings is 1. The lowest BCUT2D eigenvalue weighted by Crippen LogP contribution is -2.44. The number of aromatic nitrogens is 1. The van der Waals surface area contributed by atoms with Gasteiger partial charge in [-0.05, 0) is 152 Å². The van der Waals surface area contributed by atoms with Gasteiger partial charge in [0.2, 0.25) is 0 Å². The predicted molar refractivity (Wildman–Crippen MR) is 249 cm³/mol. The van der Waals surface area contributed by atoms with Crippen molar-refractivity contribution in [3.8, 4) is 17.6 Å². The molecule has 2 aromatic rings. The van der Waals surface area contributed by atoms with E-state index in [1.807, 2.05) is 0 Å². The Balaban J connectivity index is 2.69. The van der Waals surface area contributed by atoms with Crippen LogP contribution in [0, 0.1) is 11.8 Å². The van der Waals surface area contributed by atoms with Crippen LogP contribution in [-0.2, 0) is 65.5 Å². The molecule has 1 heterocycles. The summed E-state index contributed by atoms with van der Waals surface area (Å²) in [5.41, 5.74) is -1.85. The summed E-state index contributed by atoms with van der Waals surface area (Å²) in [5, 5.41) is -0.637. The van der Waals surface area contributed by atoms with E-state index < -0.39 is 63.1 Å². The van der Waals surface area contributed by atoms with Crippen molar-refractivity contribution >= 4 is 46.7 Å². The Morgan fingerprint density at radius 3 is 1.17 bits per heavy atom. The molecule has 0 bridgehead atoms.